The first-order valence-corrected chi connectivity index (χ1v) is 38.8. The first-order valence-electron chi connectivity index (χ1n) is 38.8. The predicted molar refractivity (Wildman–Crippen MR) is 429 cm³/mol. The number of nitrogens with one attached hydrogen (secondary N) is 3. The normalized spacial score (nSPS) is 20.7. The Morgan fingerprint density at radius 2 is 1.05 bits per heavy atom. The van der Waals surface area contributed by atoms with E-state index in [2.05, 4.69) is 138 Å². The molecule has 6 aliphatic rings. The molecule has 4 fully saturated rings. The number of methoxy groups -OCH3 is 2. The van der Waals surface area contributed by atoms with E-state index in [1.807, 2.05) is 73.5 Å². The molecule has 7 N–H and O–H groups in total. The van der Waals surface area contributed by atoms with Gasteiger partial charge in [0.2, 0.25) is 0 Å². The minimum Gasteiger partial charge on any atom is -0.496 e. The number of anilines is 2. The van der Waals surface area contributed by atoms with Crippen LogP contribution in [0.3, 0.4) is 0 Å². The molecule has 8 aromatic rings. The zero-order valence-electron chi connectivity index (χ0n) is 64.8. The standard InChI is InChI=1S/C44H53N5O5.C40H45N3O4.C5H9NO2/c1-27-22-33(25-48-20-18-32(24-48)44(52)53)41(54-5)23-31(27)13-12-30-8-6-9-36(28(30)2)37-10-7-11-38(29(37)3)46-43(51)42-45-39-26-49(21-19-40(39)47(42)4)34-14-16-35(50)17-15-34;1-24-20-31(23-44)38(47-5)22-29(24)13-12-27-8-6-9-33(25(27)2)34-10-7-11-35(26(34)3)42-40(46)39-41-36-21-30(16-19-37(36)43(39)4)28-14-17-32(45)18-15-28;7-5(8)4-1-2-6-3-4/h6-13,22-23,32,34-35,50H,14-21,24-26H2,1-5H3,(H,46,51)(H,52,53);6-13,20,22-23,28,30,32,45H,14-19,21H2,1-5H3,(H,42,46);4,6H,1-3H2,(H,7,8)/b2*13-12+;/t32-,34?,35?;;4-/m1.1/s1. The lowest BCUT2D eigenvalue weighted by Gasteiger charge is -2.37. The van der Waals surface area contributed by atoms with Crippen LogP contribution in [0, 0.1) is 65.2 Å². The summed E-state index contributed by atoms with van der Waals surface area (Å²) in [5.41, 5.74) is 22.4. The number of aldehydes is 1. The van der Waals surface area contributed by atoms with E-state index in [0.29, 0.717) is 66.9 Å². The number of aromatic nitrogens is 4. The highest BCUT2D eigenvalue weighted by Gasteiger charge is 2.35. The molecule has 3 aliphatic heterocycles. The van der Waals surface area contributed by atoms with Crippen LogP contribution in [0.25, 0.3) is 46.6 Å². The molecule has 574 valence electrons. The van der Waals surface area contributed by atoms with Crippen molar-refractivity contribution in [2.45, 2.75) is 163 Å². The van der Waals surface area contributed by atoms with Crippen molar-refractivity contribution in [1.82, 2.24) is 34.2 Å². The molecular weight excluding hydrogens is 1370 g/mol. The number of aryl methyl sites for hydroxylation is 2. The van der Waals surface area contributed by atoms with Crippen molar-refractivity contribution in [3.05, 3.63) is 198 Å². The number of hydrogen-bond donors (Lipinski definition) is 7. The van der Waals surface area contributed by atoms with Gasteiger partial charge >= 0.3 is 11.9 Å². The van der Waals surface area contributed by atoms with Gasteiger partial charge in [-0.05, 0) is 258 Å². The Balaban J connectivity index is 0.000000185. The van der Waals surface area contributed by atoms with E-state index in [1.165, 1.54) is 5.69 Å². The third kappa shape index (κ3) is 18.1. The molecule has 3 aliphatic carbocycles. The number of likely N-dealkylation sites (tertiary alicyclic amines) is 1. The summed E-state index contributed by atoms with van der Waals surface area (Å²) in [4.78, 5) is 74.9. The van der Waals surface area contributed by atoms with E-state index in [-0.39, 0.29) is 35.9 Å². The first kappa shape index (κ1) is 78.7. The van der Waals surface area contributed by atoms with E-state index in [4.69, 9.17) is 24.5 Å². The molecular formula is C89H107N9O11. The summed E-state index contributed by atoms with van der Waals surface area (Å²) >= 11 is 0. The van der Waals surface area contributed by atoms with Crippen LogP contribution in [0.4, 0.5) is 11.4 Å². The molecule has 20 heteroatoms. The number of carbonyl (C=O) groups is 5. The summed E-state index contributed by atoms with van der Waals surface area (Å²) in [6.45, 7) is 17.6. The van der Waals surface area contributed by atoms with Crippen LogP contribution in [0.5, 0.6) is 11.5 Å². The smallest absolute Gasteiger partial charge is 0.307 e. The molecule has 2 saturated carbocycles. The zero-order chi connectivity index (χ0) is 77.3. The molecule has 2 saturated heterocycles. The highest BCUT2D eigenvalue weighted by Crippen LogP contribution is 2.41. The number of amides is 2. The number of imidazole rings is 2. The van der Waals surface area contributed by atoms with Crippen LogP contribution < -0.4 is 25.4 Å². The minimum absolute atomic E-state index is 0.130. The SMILES string of the molecule is COc1cc(/C=C/c2cccc(-c3cccc(NC(=O)c4nc5c(n4C)CCC(C4CCC(O)CC4)C5)c3C)c2C)c(C)cc1C=O.COc1cc(/C=C/c2cccc(-c3cccc(NC(=O)c4nc5c(n4C)CCN(C4CCC(O)CC4)C5)c3C)c2C)c(C)cc1CN1CC[C@@H](C(=O)O)C1.O=C(O)[C@@H]1CCNC1. The quantitative estimate of drug-likeness (QED) is 0.0293. The van der Waals surface area contributed by atoms with Crippen molar-refractivity contribution in [1.29, 1.82) is 0 Å². The van der Waals surface area contributed by atoms with Crippen molar-refractivity contribution in [2.75, 3.05) is 57.6 Å². The molecule has 109 heavy (non-hydrogen) atoms. The average molecular weight is 1480 g/mol. The number of fused-ring (bicyclic) bond motifs is 2. The fourth-order valence-electron chi connectivity index (χ4n) is 17.2. The number of carbonyl (C=O) groups excluding carboxylic acids is 3. The van der Waals surface area contributed by atoms with Crippen molar-refractivity contribution in [3.63, 3.8) is 0 Å². The molecule has 20 nitrogen and oxygen atoms in total. The summed E-state index contributed by atoms with van der Waals surface area (Å²) in [6, 6.07) is 33.1. The van der Waals surface area contributed by atoms with Gasteiger partial charge in [0, 0.05) is 87.6 Å². The lowest BCUT2D eigenvalue weighted by atomic mass is 9.73. The number of aliphatic carboxylic acids is 2. The van der Waals surface area contributed by atoms with Gasteiger partial charge in [-0.25, -0.2) is 9.97 Å². The Labute approximate surface area is 640 Å². The van der Waals surface area contributed by atoms with Gasteiger partial charge < -0.3 is 55.0 Å². The number of ether oxygens (including phenoxy) is 2. The van der Waals surface area contributed by atoms with Gasteiger partial charge in [-0.15, -0.1) is 0 Å². The highest BCUT2D eigenvalue weighted by atomic mass is 16.5. The maximum absolute atomic E-state index is 13.8. The van der Waals surface area contributed by atoms with Crippen LogP contribution in [-0.2, 0) is 56.0 Å². The van der Waals surface area contributed by atoms with Crippen LogP contribution in [-0.4, -0.2) is 145 Å². The van der Waals surface area contributed by atoms with Gasteiger partial charge in [0.25, 0.3) is 11.8 Å². The lowest BCUT2D eigenvalue weighted by Crippen LogP contribution is -2.42. The average Bonchev–Trinajstić information content (AvgIpc) is 1.74. The fraction of sp³-hybridized carbons (Fsp3) is 0.427. The third-order valence-corrected chi connectivity index (χ3v) is 24.0. The van der Waals surface area contributed by atoms with Crippen molar-refractivity contribution < 1.29 is 53.9 Å². The highest BCUT2D eigenvalue weighted by molar-refractivity contribution is 6.04. The maximum Gasteiger partial charge on any atom is 0.307 e. The monoisotopic (exact) mass is 1480 g/mol. The lowest BCUT2D eigenvalue weighted by molar-refractivity contribution is -0.142. The second kappa shape index (κ2) is 35.2. The van der Waals surface area contributed by atoms with Gasteiger partial charge in [0.05, 0.1) is 55.2 Å². The number of rotatable bonds is 19. The van der Waals surface area contributed by atoms with Gasteiger partial charge in [-0.2, -0.15) is 0 Å². The Morgan fingerprint density at radius 3 is 1.56 bits per heavy atom. The van der Waals surface area contributed by atoms with Crippen molar-refractivity contribution in [3.8, 4) is 33.8 Å². The third-order valence-electron chi connectivity index (χ3n) is 24.0. The molecule has 1 unspecified atom stereocenters. The first-order chi connectivity index (χ1) is 52.5. The molecule has 5 heterocycles. The molecule has 14 rings (SSSR count). The molecule has 3 atom stereocenters. The van der Waals surface area contributed by atoms with Crippen LogP contribution in [0.15, 0.2) is 97.1 Å². The number of nitrogens with zero attached hydrogens (tertiary/aromatic N) is 6. The van der Waals surface area contributed by atoms with Gasteiger partial charge in [-0.3, -0.25) is 33.8 Å². The molecule has 0 spiro atoms. The Morgan fingerprint density at radius 1 is 0.541 bits per heavy atom. The second-order valence-electron chi connectivity index (χ2n) is 30.8. The topological polar surface area (TPSA) is 263 Å². The number of carboxylic acids is 2. The van der Waals surface area contributed by atoms with Gasteiger partial charge in [0.15, 0.2) is 17.9 Å². The maximum atomic E-state index is 13.8. The van der Waals surface area contributed by atoms with E-state index in [1.54, 1.807) is 14.2 Å². The minimum atomic E-state index is -0.723. The van der Waals surface area contributed by atoms with Crippen LogP contribution in [0.1, 0.15) is 186 Å². The molecule has 0 bridgehead atoms. The van der Waals surface area contributed by atoms with Gasteiger partial charge in [-0.1, -0.05) is 91.0 Å². The predicted octanol–water partition coefficient (Wildman–Crippen LogP) is 14.6. The summed E-state index contributed by atoms with van der Waals surface area (Å²) in [5.74, 6) is 1.20. The van der Waals surface area contributed by atoms with Crippen LogP contribution in [0.2, 0.25) is 0 Å². The molecule has 0 radical (unpaired) electrons. The summed E-state index contributed by atoms with van der Waals surface area (Å²) in [6.07, 6.45) is 21.9. The van der Waals surface area contributed by atoms with Crippen molar-refractivity contribution >= 4 is 65.7 Å². The Hall–Kier alpha value is -9.83. The number of aliphatic hydroxyl groups is 2. The Kier molecular flexibility index (Phi) is 25.5. The summed E-state index contributed by atoms with van der Waals surface area (Å²) < 4.78 is 15.1. The molecule has 6 aromatic carbocycles. The van der Waals surface area contributed by atoms with E-state index >= 15 is 0 Å². The Bertz CT molecular complexity index is 4740. The largest absolute Gasteiger partial charge is 0.496 e. The van der Waals surface area contributed by atoms with E-state index in [0.717, 1.165) is 234 Å². The number of carboxylic acid groups (broad SMARTS) is 2. The molecule has 2 amide bonds. The number of benzene rings is 6. The summed E-state index contributed by atoms with van der Waals surface area (Å²) in [5, 5.41) is 47.0. The second-order valence-corrected chi connectivity index (χ2v) is 30.8. The number of aliphatic hydroxyl groups excluding tert-OH is 2. The van der Waals surface area contributed by atoms with Crippen molar-refractivity contribution in [2.24, 2.45) is 37.8 Å². The van der Waals surface area contributed by atoms with E-state index in [9.17, 15) is 39.3 Å². The number of hydrogen-bond acceptors (Lipinski definition) is 14. The van der Waals surface area contributed by atoms with E-state index < -0.39 is 11.9 Å². The molecule has 2 aromatic heterocycles. The van der Waals surface area contributed by atoms with Gasteiger partial charge in [0.1, 0.15) is 11.5 Å². The van der Waals surface area contributed by atoms with Crippen LogP contribution >= 0.6 is 0 Å². The summed E-state index contributed by atoms with van der Waals surface area (Å²) in [7, 11) is 7.15. The zero-order valence-corrected chi connectivity index (χ0v) is 64.8. The fourth-order valence-corrected chi connectivity index (χ4v) is 17.2.